The Morgan fingerprint density at radius 2 is 1.76 bits per heavy atom. The van der Waals surface area contributed by atoms with Gasteiger partial charge in [0.2, 0.25) is 0 Å². The first-order valence-electron chi connectivity index (χ1n) is 8.05. The van der Waals surface area contributed by atoms with Crippen molar-refractivity contribution in [3.8, 4) is 5.75 Å². The van der Waals surface area contributed by atoms with Gasteiger partial charge in [0.15, 0.2) is 0 Å². The zero-order valence-electron chi connectivity index (χ0n) is 13.8. The Kier molecular flexibility index (Phi) is 8.56. The lowest BCUT2D eigenvalue weighted by atomic mass is 9.95. The number of nitrogens with zero attached hydrogens (tertiary/aromatic N) is 1. The minimum atomic E-state index is 0.129. The van der Waals surface area contributed by atoms with Crippen molar-refractivity contribution in [2.75, 3.05) is 6.61 Å². The zero-order valence-corrected chi connectivity index (χ0v) is 13.8. The lowest BCUT2D eigenvalue weighted by molar-refractivity contribution is 0.0866. The van der Waals surface area contributed by atoms with E-state index in [2.05, 4.69) is 43.3 Å². The fourth-order valence-electron chi connectivity index (χ4n) is 2.08. The van der Waals surface area contributed by atoms with Gasteiger partial charge in [-0.3, -0.25) is 0 Å². The molecule has 0 amide bonds. The summed E-state index contributed by atoms with van der Waals surface area (Å²) in [6.07, 6.45) is 6.28. The van der Waals surface area contributed by atoms with Crippen LogP contribution in [-0.4, -0.2) is 18.9 Å². The molecule has 0 saturated heterocycles. The third kappa shape index (κ3) is 7.74. The highest BCUT2D eigenvalue weighted by Gasteiger charge is 2.04. The summed E-state index contributed by atoms with van der Waals surface area (Å²) in [7, 11) is 0. The van der Waals surface area contributed by atoms with Crippen LogP contribution in [0.15, 0.2) is 29.4 Å². The summed E-state index contributed by atoms with van der Waals surface area (Å²) >= 11 is 0. The van der Waals surface area contributed by atoms with Crippen LogP contribution in [0.3, 0.4) is 0 Å². The van der Waals surface area contributed by atoms with Gasteiger partial charge < -0.3 is 9.57 Å². The van der Waals surface area contributed by atoms with Crippen molar-refractivity contribution in [3.05, 3.63) is 29.8 Å². The summed E-state index contributed by atoms with van der Waals surface area (Å²) in [5, 5.41) is 3.86. The fourth-order valence-corrected chi connectivity index (χ4v) is 2.08. The van der Waals surface area contributed by atoms with E-state index in [1.165, 1.54) is 18.4 Å². The van der Waals surface area contributed by atoms with Crippen LogP contribution < -0.4 is 4.74 Å². The summed E-state index contributed by atoms with van der Waals surface area (Å²) in [5.74, 6) is 1.70. The predicted octanol–water partition coefficient (Wildman–Crippen LogP) is 4.85. The van der Waals surface area contributed by atoms with Gasteiger partial charge in [-0.15, -0.1) is 0 Å². The lowest BCUT2D eigenvalue weighted by Crippen LogP contribution is -2.02. The largest absolute Gasteiger partial charge is 0.493 e. The van der Waals surface area contributed by atoms with Gasteiger partial charge in [-0.2, -0.15) is 0 Å². The van der Waals surface area contributed by atoms with E-state index in [0.717, 1.165) is 24.5 Å². The number of oxime groups is 1. The molecule has 3 nitrogen and oxygen atoms in total. The molecule has 0 aliphatic carbocycles. The van der Waals surface area contributed by atoms with Gasteiger partial charge in [0, 0.05) is 12.6 Å². The Morgan fingerprint density at radius 3 is 2.33 bits per heavy atom. The molecule has 0 atom stereocenters. The van der Waals surface area contributed by atoms with E-state index < -0.39 is 0 Å². The van der Waals surface area contributed by atoms with Gasteiger partial charge in [-0.25, -0.2) is 0 Å². The average molecular weight is 291 g/mol. The molecule has 0 heterocycles. The van der Waals surface area contributed by atoms with Crippen LogP contribution in [-0.2, 0) is 11.3 Å². The van der Waals surface area contributed by atoms with E-state index in [4.69, 9.17) is 9.57 Å². The van der Waals surface area contributed by atoms with Crippen LogP contribution in [0.4, 0.5) is 0 Å². The summed E-state index contributed by atoms with van der Waals surface area (Å²) in [4.78, 5) is 5.08. The highest BCUT2D eigenvalue weighted by Crippen LogP contribution is 2.18. The number of benzene rings is 1. The fraction of sp³-hybridized carbons (Fsp3) is 0.611. The van der Waals surface area contributed by atoms with E-state index in [1.54, 1.807) is 6.21 Å². The maximum Gasteiger partial charge on any atom is 0.121 e. The zero-order chi connectivity index (χ0) is 15.5. The Morgan fingerprint density at radius 1 is 1.10 bits per heavy atom. The van der Waals surface area contributed by atoms with Crippen molar-refractivity contribution in [3.63, 3.8) is 0 Å². The Labute approximate surface area is 129 Å². The molecule has 0 aliphatic heterocycles. The van der Waals surface area contributed by atoms with Gasteiger partial charge in [0.05, 0.1) is 6.61 Å². The topological polar surface area (TPSA) is 30.8 Å². The molecular weight excluding hydrogens is 262 g/mol. The van der Waals surface area contributed by atoms with E-state index in [9.17, 15) is 0 Å². The number of rotatable bonds is 10. The first-order valence-corrected chi connectivity index (χ1v) is 8.05. The molecule has 0 N–H and O–H groups in total. The standard InChI is InChI=1S/C18H29NO2/c1-5-16(6-2)14-17-8-10-18(11-9-17)20-13-7-12-19-21-15(3)4/h8-12,15-16H,5-7,13-14H2,1-4H3/b19-12+. The second-order valence-electron chi connectivity index (χ2n) is 5.61. The van der Waals surface area contributed by atoms with Crippen LogP contribution in [0.5, 0.6) is 5.75 Å². The monoisotopic (exact) mass is 291 g/mol. The molecule has 0 spiro atoms. The molecule has 1 aromatic carbocycles. The lowest BCUT2D eigenvalue weighted by Gasteiger charge is -2.12. The molecule has 0 unspecified atom stereocenters. The highest BCUT2D eigenvalue weighted by molar-refractivity contribution is 5.56. The molecule has 0 saturated carbocycles. The van der Waals surface area contributed by atoms with Crippen molar-refractivity contribution in [2.45, 2.75) is 59.5 Å². The highest BCUT2D eigenvalue weighted by atomic mass is 16.6. The molecule has 3 heteroatoms. The number of hydrogen-bond donors (Lipinski definition) is 0. The molecule has 0 aromatic heterocycles. The van der Waals surface area contributed by atoms with Crippen LogP contribution in [0, 0.1) is 5.92 Å². The maximum atomic E-state index is 5.68. The quantitative estimate of drug-likeness (QED) is 0.351. The van der Waals surface area contributed by atoms with Crippen LogP contribution in [0.25, 0.3) is 0 Å². The van der Waals surface area contributed by atoms with Crippen LogP contribution in [0.2, 0.25) is 0 Å². The van der Waals surface area contributed by atoms with E-state index in [-0.39, 0.29) is 6.10 Å². The van der Waals surface area contributed by atoms with Gasteiger partial charge in [-0.05, 0) is 43.9 Å². The molecule has 1 aromatic rings. The predicted molar refractivity (Wildman–Crippen MR) is 89.0 cm³/mol. The average Bonchev–Trinajstić information content (AvgIpc) is 2.49. The minimum absolute atomic E-state index is 0.129. The molecule has 0 fully saturated rings. The third-order valence-electron chi connectivity index (χ3n) is 3.46. The molecule has 1 rings (SSSR count). The second kappa shape index (κ2) is 10.3. The summed E-state index contributed by atoms with van der Waals surface area (Å²) in [6.45, 7) is 9.05. The van der Waals surface area contributed by atoms with Crippen molar-refractivity contribution in [1.82, 2.24) is 0 Å². The summed E-state index contributed by atoms with van der Waals surface area (Å²) in [5.41, 5.74) is 1.39. The summed E-state index contributed by atoms with van der Waals surface area (Å²) in [6, 6.07) is 8.45. The van der Waals surface area contributed by atoms with E-state index >= 15 is 0 Å². The van der Waals surface area contributed by atoms with Crippen molar-refractivity contribution in [2.24, 2.45) is 11.1 Å². The molecule has 0 aliphatic rings. The third-order valence-corrected chi connectivity index (χ3v) is 3.46. The van der Waals surface area contributed by atoms with Gasteiger partial charge in [0.1, 0.15) is 11.9 Å². The number of hydrogen-bond acceptors (Lipinski definition) is 3. The molecule has 0 radical (unpaired) electrons. The SMILES string of the molecule is CCC(CC)Cc1ccc(OCC/C=N/OC(C)C)cc1. The Balaban J connectivity index is 2.29. The summed E-state index contributed by atoms with van der Waals surface area (Å²) < 4.78 is 5.68. The number of ether oxygens (including phenoxy) is 1. The van der Waals surface area contributed by atoms with E-state index in [1.807, 2.05) is 13.8 Å². The van der Waals surface area contributed by atoms with Crippen molar-refractivity contribution >= 4 is 6.21 Å². The minimum Gasteiger partial charge on any atom is -0.493 e. The maximum absolute atomic E-state index is 5.68. The van der Waals surface area contributed by atoms with Crippen LogP contribution >= 0.6 is 0 Å². The van der Waals surface area contributed by atoms with Gasteiger partial charge in [-0.1, -0.05) is 44.0 Å². The van der Waals surface area contributed by atoms with Crippen molar-refractivity contribution < 1.29 is 9.57 Å². The smallest absolute Gasteiger partial charge is 0.121 e. The first-order chi connectivity index (χ1) is 10.2. The van der Waals surface area contributed by atoms with Gasteiger partial charge in [0.25, 0.3) is 0 Å². The Bertz CT molecular complexity index is 394. The van der Waals surface area contributed by atoms with Gasteiger partial charge >= 0.3 is 0 Å². The molecule has 21 heavy (non-hydrogen) atoms. The second-order valence-corrected chi connectivity index (χ2v) is 5.61. The normalized spacial score (nSPS) is 11.5. The molecule has 0 bridgehead atoms. The van der Waals surface area contributed by atoms with Crippen LogP contribution in [0.1, 0.15) is 52.5 Å². The Hall–Kier alpha value is -1.51. The van der Waals surface area contributed by atoms with E-state index in [0.29, 0.717) is 6.61 Å². The molecular formula is C18H29NO2. The first kappa shape index (κ1) is 17.5. The van der Waals surface area contributed by atoms with Crippen molar-refractivity contribution in [1.29, 1.82) is 0 Å². The molecule has 118 valence electrons.